The second kappa shape index (κ2) is 8.52. The maximum absolute atomic E-state index is 13.8. The van der Waals surface area contributed by atoms with Crippen LogP contribution in [0.15, 0.2) is 53.4 Å². The first-order chi connectivity index (χ1) is 14.8. The third kappa shape index (κ3) is 4.76. The van der Waals surface area contributed by atoms with Crippen LogP contribution in [0.2, 0.25) is 0 Å². The monoisotopic (exact) mass is 481 g/mol. The van der Waals surface area contributed by atoms with Crippen molar-refractivity contribution in [2.24, 2.45) is 0 Å². The zero-order chi connectivity index (χ0) is 23.7. The van der Waals surface area contributed by atoms with Gasteiger partial charge in [0.05, 0.1) is 23.5 Å². The zero-order valence-corrected chi connectivity index (χ0v) is 16.6. The lowest BCUT2D eigenvalue weighted by molar-refractivity contribution is -0.330. The molecule has 32 heavy (non-hydrogen) atoms. The molecule has 1 aliphatic rings. The van der Waals surface area contributed by atoms with Crippen LogP contribution in [-0.4, -0.2) is 35.2 Å². The van der Waals surface area contributed by atoms with Crippen LogP contribution >= 0.6 is 11.8 Å². The van der Waals surface area contributed by atoms with Crippen LogP contribution in [0.25, 0.3) is 0 Å². The molecule has 0 saturated carbocycles. The Morgan fingerprint density at radius 3 is 2.19 bits per heavy atom. The molecular weight excluding hydrogens is 467 g/mol. The third-order valence-corrected chi connectivity index (χ3v) is 5.43. The van der Waals surface area contributed by atoms with Gasteiger partial charge in [-0.2, -0.15) is 30.7 Å². The fraction of sp³-hybridized carbons (Fsp3) is 0.263. The highest BCUT2D eigenvalue weighted by Crippen LogP contribution is 2.54. The number of alkyl halides is 7. The van der Waals surface area contributed by atoms with Gasteiger partial charge in [-0.3, -0.25) is 9.59 Å². The summed E-state index contributed by atoms with van der Waals surface area (Å²) < 4.78 is 91.2. The minimum atomic E-state index is -6.47. The zero-order valence-electron chi connectivity index (χ0n) is 15.8. The molecule has 0 radical (unpaired) electrons. The fourth-order valence-electron chi connectivity index (χ4n) is 2.75. The Hall–Kier alpha value is -2.96. The lowest BCUT2D eigenvalue weighted by Crippen LogP contribution is -2.50. The van der Waals surface area contributed by atoms with E-state index in [-0.39, 0.29) is 0 Å². The molecule has 13 heteroatoms. The molecule has 0 unspecified atom stereocenters. The summed E-state index contributed by atoms with van der Waals surface area (Å²) in [4.78, 5) is 23.8. The molecule has 172 valence electrons. The highest BCUT2D eigenvalue weighted by molar-refractivity contribution is 8.00. The minimum Gasteiger partial charge on any atom is -0.372 e. The van der Waals surface area contributed by atoms with Gasteiger partial charge in [0, 0.05) is 4.90 Å². The molecule has 0 fully saturated rings. The Labute approximate surface area is 180 Å². The van der Waals surface area contributed by atoms with Crippen LogP contribution in [0.4, 0.5) is 47.8 Å². The average Bonchev–Trinajstić information content (AvgIpc) is 2.69. The summed E-state index contributed by atoms with van der Waals surface area (Å²) in [6.45, 7) is 0. The number of nitrogens with one attached hydrogen (secondary N) is 3. The predicted octanol–water partition coefficient (Wildman–Crippen LogP) is 5.33. The van der Waals surface area contributed by atoms with Crippen molar-refractivity contribution < 1.29 is 40.3 Å². The van der Waals surface area contributed by atoms with Crippen LogP contribution in [0.3, 0.4) is 0 Å². The summed E-state index contributed by atoms with van der Waals surface area (Å²) in [5.74, 6) is -7.70. The van der Waals surface area contributed by atoms with Crippen LogP contribution in [0, 0.1) is 0 Å². The second-order valence-electron chi connectivity index (χ2n) is 6.67. The van der Waals surface area contributed by atoms with Crippen molar-refractivity contribution in [2.75, 3.05) is 16.0 Å². The van der Waals surface area contributed by atoms with E-state index in [1.54, 1.807) is 24.3 Å². The summed E-state index contributed by atoms with van der Waals surface area (Å²) in [5, 5.41) is 2.04. The molecule has 5 nitrogen and oxygen atoms in total. The van der Waals surface area contributed by atoms with Gasteiger partial charge in [0.25, 0.3) is 0 Å². The molecule has 0 aromatic heterocycles. The van der Waals surface area contributed by atoms with Gasteiger partial charge in [-0.15, -0.1) is 0 Å². The standard InChI is InChI=1S/C19H14F7N3O2S/c20-17(21,18(22,23)24)19(25,26)32-14-8-4-3-7-12(14)28-15(30)9-13-16(31)29-11-6-2-1-5-10(11)27-13/h1-8,13,27H,9H2,(H,28,30)(H,29,31)/t13-/m1/s1. The highest BCUT2D eigenvalue weighted by atomic mass is 32.2. The first-order valence-electron chi connectivity index (χ1n) is 8.88. The maximum atomic E-state index is 13.8. The number of rotatable bonds is 6. The van der Waals surface area contributed by atoms with E-state index in [0.29, 0.717) is 11.4 Å². The molecule has 1 aliphatic heterocycles. The number of amides is 2. The molecule has 2 aromatic carbocycles. The van der Waals surface area contributed by atoms with Gasteiger partial charge >= 0.3 is 17.4 Å². The lowest BCUT2D eigenvalue weighted by Gasteiger charge is -2.28. The number of para-hydroxylation sites is 3. The van der Waals surface area contributed by atoms with E-state index >= 15 is 0 Å². The topological polar surface area (TPSA) is 70.2 Å². The fourth-order valence-corrected chi connectivity index (χ4v) is 3.64. The molecule has 2 aromatic rings. The van der Waals surface area contributed by atoms with Gasteiger partial charge in [-0.25, -0.2) is 0 Å². The van der Waals surface area contributed by atoms with Crippen LogP contribution in [0.1, 0.15) is 6.42 Å². The summed E-state index contributed by atoms with van der Waals surface area (Å²) in [6, 6.07) is 9.93. The number of halogens is 7. The summed E-state index contributed by atoms with van der Waals surface area (Å²) in [6.07, 6.45) is -6.94. The van der Waals surface area contributed by atoms with Crippen molar-refractivity contribution in [3.8, 4) is 0 Å². The van der Waals surface area contributed by atoms with Crippen molar-refractivity contribution in [1.82, 2.24) is 0 Å². The molecule has 3 N–H and O–H groups in total. The van der Waals surface area contributed by atoms with Gasteiger partial charge < -0.3 is 16.0 Å². The number of benzene rings is 2. The lowest BCUT2D eigenvalue weighted by atomic mass is 10.1. The van der Waals surface area contributed by atoms with Crippen molar-refractivity contribution in [1.29, 1.82) is 0 Å². The normalized spacial score (nSPS) is 16.6. The van der Waals surface area contributed by atoms with Crippen molar-refractivity contribution >= 4 is 40.6 Å². The Morgan fingerprint density at radius 2 is 1.53 bits per heavy atom. The van der Waals surface area contributed by atoms with E-state index in [2.05, 4.69) is 16.0 Å². The average molecular weight is 481 g/mol. The first kappa shape index (κ1) is 23.7. The van der Waals surface area contributed by atoms with Gasteiger partial charge in [0.2, 0.25) is 11.8 Å². The van der Waals surface area contributed by atoms with Gasteiger partial charge in [0.15, 0.2) is 0 Å². The number of carbonyl (C=O) groups is 2. The number of hydrogen-bond donors (Lipinski definition) is 3. The van der Waals surface area contributed by atoms with Gasteiger partial charge in [0.1, 0.15) is 6.04 Å². The Balaban J connectivity index is 1.73. The molecule has 1 heterocycles. The van der Waals surface area contributed by atoms with E-state index in [1.807, 2.05) is 0 Å². The Bertz CT molecular complexity index is 1030. The highest BCUT2D eigenvalue weighted by Gasteiger charge is 2.73. The largest absolute Gasteiger partial charge is 0.460 e. The molecule has 0 aliphatic carbocycles. The summed E-state index contributed by atoms with van der Waals surface area (Å²) in [5.41, 5.74) is 0.621. The molecule has 1 atom stereocenters. The van der Waals surface area contributed by atoms with Crippen molar-refractivity contribution in [2.45, 2.75) is 34.7 Å². The van der Waals surface area contributed by atoms with E-state index < -0.39 is 64.0 Å². The molecule has 0 saturated heterocycles. The smallest absolute Gasteiger partial charge is 0.372 e. The van der Waals surface area contributed by atoms with E-state index in [9.17, 15) is 40.3 Å². The van der Waals surface area contributed by atoms with Gasteiger partial charge in [-0.1, -0.05) is 24.3 Å². The van der Waals surface area contributed by atoms with Gasteiger partial charge in [-0.05, 0) is 36.0 Å². The third-order valence-electron chi connectivity index (χ3n) is 4.34. The quantitative estimate of drug-likeness (QED) is 0.385. The molecular formula is C19H14F7N3O2S. The molecule has 0 bridgehead atoms. The van der Waals surface area contributed by atoms with E-state index in [4.69, 9.17) is 0 Å². The van der Waals surface area contributed by atoms with Crippen molar-refractivity contribution in [3.05, 3.63) is 48.5 Å². The molecule has 0 spiro atoms. The van der Waals surface area contributed by atoms with E-state index in [0.717, 1.165) is 18.2 Å². The first-order valence-corrected chi connectivity index (χ1v) is 9.70. The summed E-state index contributed by atoms with van der Waals surface area (Å²) in [7, 11) is 0. The summed E-state index contributed by atoms with van der Waals surface area (Å²) >= 11 is -1.03. The number of carbonyl (C=O) groups excluding carboxylic acids is 2. The van der Waals surface area contributed by atoms with Crippen LogP contribution in [-0.2, 0) is 9.59 Å². The second-order valence-corrected chi connectivity index (χ2v) is 7.83. The van der Waals surface area contributed by atoms with E-state index in [1.165, 1.54) is 6.07 Å². The minimum absolute atomic E-state index is 0.406. The number of hydrogen-bond acceptors (Lipinski definition) is 4. The number of thioether (sulfide) groups is 1. The Kier molecular flexibility index (Phi) is 6.31. The predicted molar refractivity (Wildman–Crippen MR) is 104 cm³/mol. The number of anilines is 3. The molecule has 3 rings (SSSR count). The number of fused-ring (bicyclic) bond motifs is 1. The van der Waals surface area contributed by atoms with Crippen molar-refractivity contribution in [3.63, 3.8) is 0 Å². The Morgan fingerprint density at radius 1 is 0.938 bits per heavy atom. The van der Waals surface area contributed by atoms with Crippen LogP contribution in [0.5, 0.6) is 0 Å². The van der Waals surface area contributed by atoms with Crippen LogP contribution < -0.4 is 16.0 Å². The maximum Gasteiger partial charge on any atom is 0.460 e. The SMILES string of the molecule is O=C(C[C@H]1Nc2ccccc2NC1=O)Nc1ccccc1SC(F)(F)C(F)(F)C(F)(F)F. The molecule has 2 amide bonds.